The molecule has 114 valence electrons. The normalized spacial score (nSPS) is 13.9. The first-order valence-electron chi connectivity index (χ1n) is 6.17. The van der Waals surface area contributed by atoms with Crippen LogP contribution in [0.15, 0.2) is 53.8 Å². The second-order valence-electron chi connectivity index (χ2n) is 3.90. The van der Waals surface area contributed by atoms with Crippen molar-refractivity contribution in [2.75, 3.05) is 0 Å². The van der Waals surface area contributed by atoms with E-state index < -0.39 is 0 Å². The first-order valence-corrected chi connectivity index (χ1v) is 6.17. The molecule has 1 aliphatic rings. The van der Waals surface area contributed by atoms with Gasteiger partial charge in [0, 0.05) is 11.1 Å². The molecule has 0 heterocycles. The first kappa shape index (κ1) is 18.6. The van der Waals surface area contributed by atoms with Gasteiger partial charge in [-0.1, -0.05) is 30.4 Å². The summed E-state index contributed by atoms with van der Waals surface area (Å²) >= 11 is 0. The molecule has 0 amide bonds. The maximum absolute atomic E-state index is 9.89. The van der Waals surface area contributed by atoms with E-state index in [1.165, 1.54) is 0 Å². The summed E-state index contributed by atoms with van der Waals surface area (Å²) in [5.41, 5.74) is 2.43. The molecule has 0 fully saturated rings. The molecule has 2 rings (SSSR count). The summed E-state index contributed by atoms with van der Waals surface area (Å²) in [6, 6.07) is 7.05. The second kappa shape index (κ2) is 10.4. The molecule has 1 aromatic rings. The van der Waals surface area contributed by atoms with Crippen LogP contribution < -0.4 is 0 Å². The van der Waals surface area contributed by atoms with Gasteiger partial charge in [0.1, 0.15) is 11.5 Å². The number of hydrogen-bond acceptors (Lipinski definition) is 6. The average molecular weight is 300 g/mol. The van der Waals surface area contributed by atoms with E-state index in [0.29, 0.717) is 5.56 Å². The number of phenols is 1. The Morgan fingerprint density at radius 1 is 1.09 bits per heavy atom. The van der Waals surface area contributed by atoms with Crippen molar-refractivity contribution < 1.29 is 20.4 Å². The average Bonchev–Trinajstić information content (AvgIpc) is 2.49. The van der Waals surface area contributed by atoms with Gasteiger partial charge in [-0.3, -0.25) is 0 Å². The van der Waals surface area contributed by atoms with E-state index in [1.807, 2.05) is 31.2 Å². The van der Waals surface area contributed by atoms with Crippen molar-refractivity contribution in [2.24, 2.45) is 0 Å². The van der Waals surface area contributed by atoms with Crippen LogP contribution in [-0.2, 0) is 0 Å². The summed E-state index contributed by atoms with van der Waals surface area (Å²) in [6.07, 6.45) is 7.83. The van der Waals surface area contributed by atoms with Crippen LogP contribution >= 0.6 is 0 Å². The third-order valence-corrected chi connectivity index (χ3v) is 2.71. The number of nitrogens with zero attached hydrogens (tertiary/aromatic N) is 2. The lowest BCUT2D eigenvalue weighted by Gasteiger charge is -2.16. The zero-order chi connectivity index (χ0) is 17.0. The van der Waals surface area contributed by atoms with E-state index in [-0.39, 0.29) is 11.5 Å². The fourth-order valence-electron chi connectivity index (χ4n) is 1.91. The van der Waals surface area contributed by atoms with Crippen molar-refractivity contribution in [1.82, 2.24) is 0 Å². The molecule has 6 nitrogen and oxygen atoms in total. The number of phenolic OH excluding ortho intramolecular Hbond substituents is 1. The molecule has 6 heteroatoms. The van der Waals surface area contributed by atoms with E-state index in [9.17, 15) is 10.2 Å². The van der Waals surface area contributed by atoms with Gasteiger partial charge in [-0.2, -0.15) is 10.5 Å². The standard InChI is InChI=1S/C14H14O2.2CHNO/c1-2-10-6-5-9-13(16)14(10)11-7-3-4-8-12(11)15;2*2-1-3/h2-5,7-9,15-16H,6H2,1H3;2*3H. The molecule has 22 heavy (non-hydrogen) atoms. The van der Waals surface area contributed by atoms with Crippen molar-refractivity contribution in [2.45, 2.75) is 13.3 Å². The molecular weight excluding hydrogens is 284 g/mol. The highest BCUT2D eigenvalue weighted by Gasteiger charge is 2.16. The Bertz CT molecular complexity index is 649. The van der Waals surface area contributed by atoms with E-state index in [1.54, 1.807) is 18.2 Å². The summed E-state index contributed by atoms with van der Waals surface area (Å²) in [5, 5.41) is 47.2. The van der Waals surface area contributed by atoms with E-state index in [2.05, 4.69) is 0 Å². The molecule has 0 atom stereocenters. The molecule has 4 N–H and O–H groups in total. The van der Waals surface area contributed by atoms with Gasteiger partial charge in [0.15, 0.2) is 0 Å². The highest BCUT2D eigenvalue weighted by Crippen LogP contribution is 2.36. The van der Waals surface area contributed by atoms with Crippen LogP contribution in [0.2, 0.25) is 0 Å². The Kier molecular flexibility index (Phi) is 8.81. The van der Waals surface area contributed by atoms with E-state index in [4.69, 9.17) is 20.7 Å². The number of para-hydroxylation sites is 1. The van der Waals surface area contributed by atoms with Crippen LogP contribution in [0.3, 0.4) is 0 Å². The molecular formula is C16H16N2O4. The lowest BCUT2D eigenvalue weighted by atomic mass is 9.90. The van der Waals surface area contributed by atoms with Gasteiger partial charge in [-0.25, -0.2) is 0 Å². The number of rotatable bonds is 1. The highest BCUT2D eigenvalue weighted by atomic mass is 16.3. The molecule has 0 bridgehead atoms. The maximum atomic E-state index is 9.89. The minimum Gasteiger partial charge on any atom is -0.507 e. The summed E-state index contributed by atoms with van der Waals surface area (Å²) in [7, 11) is 0. The van der Waals surface area contributed by atoms with Gasteiger partial charge in [0.25, 0.3) is 12.5 Å². The molecule has 1 aliphatic carbocycles. The van der Waals surface area contributed by atoms with Crippen molar-refractivity contribution in [3.8, 4) is 18.3 Å². The number of allylic oxidation sites excluding steroid dienone is 5. The lowest BCUT2D eigenvalue weighted by molar-refractivity contribution is 0.432. The van der Waals surface area contributed by atoms with E-state index in [0.717, 1.165) is 30.1 Å². The van der Waals surface area contributed by atoms with Crippen molar-refractivity contribution in [3.63, 3.8) is 0 Å². The number of hydrogen-bond donors (Lipinski definition) is 4. The first-order chi connectivity index (χ1) is 10.6. The summed E-state index contributed by atoms with van der Waals surface area (Å²) < 4.78 is 0. The summed E-state index contributed by atoms with van der Waals surface area (Å²) in [4.78, 5) is 0. The molecule has 0 unspecified atom stereocenters. The van der Waals surface area contributed by atoms with Crippen LogP contribution in [0.5, 0.6) is 5.75 Å². The van der Waals surface area contributed by atoms with Crippen LogP contribution in [0.25, 0.3) is 5.57 Å². The third kappa shape index (κ3) is 5.32. The van der Waals surface area contributed by atoms with Crippen LogP contribution in [-0.4, -0.2) is 20.4 Å². The van der Waals surface area contributed by atoms with Crippen molar-refractivity contribution in [1.29, 1.82) is 10.5 Å². The summed E-state index contributed by atoms with van der Waals surface area (Å²) in [5.74, 6) is 0.402. The minimum atomic E-state index is 0.193. The number of nitriles is 2. The Hall–Kier alpha value is -3.38. The highest BCUT2D eigenvalue weighted by molar-refractivity contribution is 5.85. The minimum absolute atomic E-state index is 0.193. The predicted molar refractivity (Wildman–Crippen MR) is 80.3 cm³/mol. The molecule has 0 aliphatic heterocycles. The summed E-state index contributed by atoms with van der Waals surface area (Å²) in [6.45, 7) is 1.93. The number of aromatic hydroxyl groups is 1. The molecule has 0 saturated heterocycles. The van der Waals surface area contributed by atoms with Crippen LogP contribution in [0.4, 0.5) is 0 Å². The smallest absolute Gasteiger partial charge is 0.283 e. The SMILES string of the molecule is CC=C1CC=CC(O)=C1c1ccccc1O.N#CO.N#CO. The zero-order valence-corrected chi connectivity index (χ0v) is 11.9. The van der Waals surface area contributed by atoms with Gasteiger partial charge >= 0.3 is 0 Å². The molecule has 0 saturated carbocycles. The number of benzene rings is 1. The van der Waals surface area contributed by atoms with Crippen LogP contribution in [0, 0.1) is 23.0 Å². The van der Waals surface area contributed by atoms with Crippen molar-refractivity contribution >= 4 is 5.57 Å². The maximum Gasteiger partial charge on any atom is 0.283 e. The predicted octanol–water partition coefficient (Wildman–Crippen LogP) is 3.25. The molecule has 0 spiro atoms. The van der Waals surface area contributed by atoms with Crippen molar-refractivity contribution in [3.05, 3.63) is 59.4 Å². The number of aliphatic hydroxyl groups excluding tert-OH is 3. The van der Waals surface area contributed by atoms with Crippen LogP contribution in [0.1, 0.15) is 18.9 Å². The Morgan fingerprint density at radius 2 is 1.64 bits per heavy atom. The molecule has 0 radical (unpaired) electrons. The van der Waals surface area contributed by atoms with Gasteiger partial charge in [0.05, 0.1) is 0 Å². The number of aliphatic hydroxyl groups is 3. The quantitative estimate of drug-likeness (QED) is 0.589. The second-order valence-corrected chi connectivity index (χ2v) is 3.90. The van der Waals surface area contributed by atoms with Gasteiger partial charge in [0.2, 0.25) is 0 Å². The molecule has 0 aromatic heterocycles. The van der Waals surface area contributed by atoms with Gasteiger partial charge < -0.3 is 20.4 Å². The largest absolute Gasteiger partial charge is 0.507 e. The van der Waals surface area contributed by atoms with Gasteiger partial charge in [-0.05, 0) is 31.1 Å². The zero-order valence-electron chi connectivity index (χ0n) is 11.9. The Labute approximate surface area is 128 Å². The topological polar surface area (TPSA) is 128 Å². The fraction of sp³-hybridized carbons (Fsp3) is 0.125. The van der Waals surface area contributed by atoms with E-state index >= 15 is 0 Å². The van der Waals surface area contributed by atoms with Gasteiger partial charge in [-0.15, -0.1) is 0 Å². The monoisotopic (exact) mass is 300 g/mol. The lowest BCUT2D eigenvalue weighted by Crippen LogP contribution is -1.98. The molecule has 1 aromatic carbocycles. The Balaban J connectivity index is 0.000000639. The third-order valence-electron chi connectivity index (χ3n) is 2.71. The fourth-order valence-corrected chi connectivity index (χ4v) is 1.91. The Morgan fingerprint density at radius 3 is 2.14 bits per heavy atom.